The van der Waals surface area contributed by atoms with E-state index in [1.165, 1.54) is 43.6 Å². The van der Waals surface area contributed by atoms with Crippen LogP contribution in [0.3, 0.4) is 0 Å². The molecule has 0 aromatic heterocycles. The molecule has 2 rings (SSSR count). The second-order valence-electron chi connectivity index (χ2n) is 5.38. The fourth-order valence-electron chi connectivity index (χ4n) is 2.79. The highest BCUT2D eigenvalue weighted by Crippen LogP contribution is 2.31. The second-order valence-corrected chi connectivity index (χ2v) is 6.24. The molecule has 100 valence electrons. The van der Waals surface area contributed by atoms with Crippen LogP contribution in [-0.4, -0.2) is 13.1 Å². The van der Waals surface area contributed by atoms with Gasteiger partial charge in [0.05, 0.1) is 0 Å². The monoisotopic (exact) mass is 310 g/mol. The van der Waals surface area contributed by atoms with E-state index >= 15 is 0 Å². The molecule has 0 amide bonds. The van der Waals surface area contributed by atoms with Gasteiger partial charge in [0.2, 0.25) is 0 Å². The van der Waals surface area contributed by atoms with Crippen LogP contribution in [-0.2, 0) is 0 Å². The molecule has 1 aromatic carbocycles. The summed E-state index contributed by atoms with van der Waals surface area (Å²) in [7, 11) is 0. The van der Waals surface area contributed by atoms with Crippen LogP contribution in [0.4, 0.5) is 5.69 Å². The molecular weight excluding hydrogens is 288 g/mol. The summed E-state index contributed by atoms with van der Waals surface area (Å²) in [5, 5.41) is 0. The van der Waals surface area contributed by atoms with Crippen molar-refractivity contribution in [3.8, 4) is 0 Å². The molecule has 0 radical (unpaired) electrons. The summed E-state index contributed by atoms with van der Waals surface area (Å²) < 4.78 is 1.13. The van der Waals surface area contributed by atoms with Crippen LogP contribution in [0.2, 0.25) is 0 Å². The molecule has 0 aliphatic carbocycles. The predicted molar refractivity (Wildman–Crippen MR) is 82.0 cm³/mol. The summed E-state index contributed by atoms with van der Waals surface area (Å²) in [6, 6.07) is 6.65. The van der Waals surface area contributed by atoms with E-state index in [9.17, 15) is 0 Å². The summed E-state index contributed by atoms with van der Waals surface area (Å²) >= 11 is 3.63. The Balaban J connectivity index is 2.09. The molecule has 1 fully saturated rings. The number of halogens is 1. The SMILES string of the molecule is CCCC1CCN(c2ccc([C@H](C)N)c(Br)c2)C1. The Morgan fingerprint density at radius 1 is 1.50 bits per heavy atom. The molecule has 2 atom stereocenters. The minimum atomic E-state index is 0.0832. The number of benzene rings is 1. The summed E-state index contributed by atoms with van der Waals surface area (Å²) in [5.74, 6) is 0.877. The molecule has 18 heavy (non-hydrogen) atoms. The van der Waals surface area contributed by atoms with Gasteiger partial charge in [-0.15, -0.1) is 0 Å². The van der Waals surface area contributed by atoms with Gasteiger partial charge in [-0.05, 0) is 43.4 Å². The van der Waals surface area contributed by atoms with Gasteiger partial charge < -0.3 is 10.6 Å². The maximum atomic E-state index is 5.94. The zero-order valence-electron chi connectivity index (χ0n) is 11.3. The van der Waals surface area contributed by atoms with Crippen LogP contribution in [0.25, 0.3) is 0 Å². The average molecular weight is 311 g/mol. The first-order chi connectivity index (χ1) is 8.61. The standard InChI is InChI=1S/C15H23BrN2/c1-3-4-12-7-8-18(10-12)13-5-6-14(11(2)17)15(16)9-13/h5-6,9,11-12H,3-4,7-8,10,17H2,1-2H3/t11-,12?/m0/s1. The number of hydrogen-bond donors (Lipinski definition) is 1. The summed E-state index contributed by atoms with van der Waals surface area (Å²) in [4.78, 5) is 2.50. The van der Waals surface area contributed by atoms with Crippen molar-refractivity contribution < 1.29 is 0 Å². The lowest BCUT2D eigenvalue weighted by Crippen LogP contribution is -2.19. The lowest BCUT2D eigenvalue weighted by Gasteiger charge is -2.20. The number of nitrogens with zero attached hydrogens (tertiary/aromatic N) is 1. The summed E-state index contributed by atoms with van der Waals surface area (Å²) in [6.45, 7) is 6.69. The number of nitrogens with two attached hydrogens (primary N) is 1. The fourth-order valence-corrected chi connectivity index (χ4v) is 3.52. The van der Waals surface area contributed by atoms with Gasteiger partial charge in [0, 0.05) is 29.3 Å². The topological polar surface area (TPSA) is 29.3 Å². The molecule has 2 nitrogen and oxygen atoms in total. The van der Waals surface area contributed by atoms with Gasteiger partial charge in [0.25, 0.3) is 0 Å². The Morgan fingerprint density at radius 3 is 2.89 bits per heavy atom. The van der Waals surface area contributed by atoms with E-state index in [0.29, 0.717) is 0 Å². The first-order valence-corrected chi connectivity index (χ1v) is 7.71. The van der Waals surface area contributed by atoms with Crippen molar-refractivity contribution in [3.63, 3.8) is 0 Å². The molecule has 1 aromatic rings. The molecule has 1 aliphatic heterocycles. The molecule has 3 heteroatoms. The van der Waals surface area contributed by atoms with E-state index in [2.05, 4.69) is 46.0 Å². The van der Waals surface area contributed by atoms with Crippen LogP contribution >= 0.6 is 15.9 Å². The van der Waals surface area contributed by atoms with Crippen LogP contribution in [0.1, 0.15) is 44.7 Å². The molecule has 1 heterocycles. The van der Waals surface area contributed by atoms with Gasteiger partial charge in [-0.2, -0.15) is 0 Å². The van der Waals surface area contributed by atoms with E-state index in [0.717, 1.165) is 10.4 Å². The lowest BCUT2D eigenvalue weighted by atomic mass is 10.0. The van der Waals surface area contributed by atoms with Crippen LogP contribution in [0.5, 0.6) is 0 Å². The molecule has 2 N–H and O–H groups in total. The van der Waals surface area contributed by atoms with E-state index < -0.39 is 0 Å². The van der Waals surface area contributed by atoms with Crippen molar-refractivity contribution in [2.24, 2.45) is 11.7 Å². The number of anilines is 1. The van der Waals surface area contributed by atoms with Gasteiger partial charge in [0.15, 0.2) is 0 Å². The minimum Gasteiger partial charge on any atom is -0.371 e. The van der Waals surface area contributed by atoms with E-state index in [4.69, 9.17) is 5.73 Å². The highest BCUT2D eigenvalue weighted by atomic mass is 79.9. The third-order valence-corrected chi connectivity index (χ3v) is 4.51. The maximum Gasteiger partial charge on any atom is 0.0377 e. The van der Waals surface area contributed by atoms with Crippen molar-refractivity contribution in [1.29, 1.82) is 0 Å². The van der Waals surface area contributed by atoms with Gasteiger partial charge in [-0.1, -0.05) is 35.3 Å². The second kappa shape index (κ2) is 6.07. The van der Waals surface area contributed by atoms with Crippen LogP contribution in [0, 0.1) is 5.92 Å². The molecular formula is C15H23BrN2. The van der Waals surface area contributed by atoms with Crippen molar-refractivity contribution in [2.75, 3.05) is 18.0 Å². The quantitative estimate of drug-likeness (QED) is 0.907. The highest BCUT2D eigenvalue weighted by molar-refractivity contribution is 9.10. The summed E-state index contributed by atoms with van der Waals surface area (Å²) in [6.07, 6.45) is 3.99. The molecule has 1 aliphatic rings. The Hall–Kier alpha value is -0.540. The van der Waals surface area contributed by atoms with E-state index in [-0.39, 0.29) is 6.04 Å². The predicted octanol–water partition coefficient (Wildman–Crippen LogP) is 4.10. The normalized spacial score (nSPS) is 21.3. The van der Waals surface area contributed by atoms with E-state index in [1.807, 2.05) is 6.92 Å². The van der Waals surface area contributed by atoms with Crippen molar-refractivity contribution in [2.45, 2.75) is 39.2 Å². The Kier molecular flexibility index (Phi) is 4.68. The number of rotatable bonds is 4. The molecule has 0 bridgehead atoms. The van der Waals surface area contributed by atoms with Crippen molar-refractivity contribution in [3.05, 3.63) is 28.2 Å². The zero-order chi connectivity index (χ0) is 13.1. The Bertz CT molecular complexity index is 403. The molecule has 0 spiro atoms. The highest BCUT2D eigenvalue weighted by Gasteiger charge is 2.22. The Morgan fingerprint density at radius 2 is 2.28 bits per heavy atom. The summed E-state index contributed by atoms with van der Waals surface area (Å²) in [5.41, 5.74) is 8.44. The fraction of sp³-hybridized carbons (Fsp3) is 0.600. The third kappa shape index (κ3) is 3.07. The Labute approximate surface area is 119 Å². The van der Waals surface area contributed by atoms with Crippen molar-refractivity contribution in [1.82, 2.24) is 0 Å². The van der Waals surface area contributed by atoms with Crippen molar-refractivity contribution >= 4 is 21.6 Å². The van der Waals surface area contributed by atoms with Gasteiger partial charge in [-0.25, -0.2) is 0 Å². The first kappa shape index (κ1) is 13.9. The van der Waals surface area contributed by atoms with Gasteiger partial charge in [-0.3, -0.25) is 0 Å². The average Bonchev–Trinajstić information content (AvgIpc) is 2.77. The lowest BCUT2D eigenvalue weighted by molar-refractivity contribution is 0.530. The molecule has 1 unspecified atom stereocenters. The largest absolute Gasteiger partial charge is 0.371 e. The van der Waals surface area contributed by atoms with Crippen LogP contribution < -0.4 is 10.6 Å². The number of hydrogen-bond acceptors (Lipinski definition) is 2. The maximum absolute atomic E-state index is 5.94. The molecule has 0 saturated carbocycles. The first-order valence-electron chi connectivity index (χ1n) is 6.91. The third-order valence-electron chi connectivity index (χ3n) is 3.82. The van der Waals surface area contributed by atoms with Gasteiger partial charge >= 0.3 is 0 Å². The van der Waals surface area contributed by atoms with Crippen LogP contribution in [0.15, 0.2) is 22.7 Å². The smallest absolute Gasteiger partial charge is 0.0377 e. The van der Waals surface area contributed by atoms with E-state index in [1.54, 1.807) is 0 Å². The molecule has 1 saturated heterocycles. The van der Waals surface area contributed by atoms with Gasteiger partial charge in [0.1, 0.15) is 0 Å². The zero-order valence-corrected chi connectivity index (χ0v) is 12.9. The minimum absolute atomic E-state index is 0.0832.